The van der Waals surface area contributed by atoms with Gasteiger partial charge in [0.25, 0.3) is 0 Å². The summed E-state index contributed by atoms with van der Waals surface area (Å²) in [6, 6.07) is 6.20. The predicted molar refractivity (Wildman–Crippen MR) is 51.0 cm³/mol. The highest BCUT2D eigenvalue weighted by atomic mass is 31.0. The van der Waals surface area contributed by atoms with Gasteiger partial charge in [-0.15, -0.1) is 9.24 Å². The largest absolute Gasteiger partial charge is 0.310 e. The van der Waals surface area contributed by atoms with E-state index in [1.807, 2.05) is 11.1 Å². The summed E-state index contributed by atoms with van der Waals surface area (Å²) in [7, 11) is 2.74. The van der Waals surface area contributed by atoms with Crippen LogP contribution in [0.4, 0.5) is 5.69 Å². The Bertz CT molecular complexity index is 285. The zero-order valence-corrected chi connectivity index (χ0v) is 7.40. The summed E-state index contributed by atoms with van der Waals surface area (Å²) in [5.41, 5.74) is 2.55. The first-order chi connectivity index (χ1) is 5.29. The zero-order valence-electron chi connectivity index (χ0n) is 6.25. The highest BCUT2D eigenvalue weighted by Gasteiger charge is 2.16. The summed E-state index contributed by atoms with van der Waals surface area (Å²) >= 11 is 0. The number of anilines is 1. The van der Waals surface area contributed by atoms with Gasteiger partial charge in [0.05, 0.1) is 5.69 Å². The van der Waals surface area contributed by atoms with Crippen molar-refractivity contribution in [3.8, 4) is 0 Å². The molecule has 1 aliphatic heterocycles. The Morgan fingerprint density at radius 1 is 1.45 bits per heavy atom. The Morgan fingerprint density at radius 2 is 2.27 bits per heavy atom. The summed E-state index contributed by atoms with van der Waals surface area (Å²) in [6.07, 6.45) is 1.07. The van der Waals surface area contributed by atoms with Crippen LogP contribution in [0.3, 0.4) is 0 Å². The molecule has 1 atom stereocenters. The monoisotopic (exact) mass is 166 g/mol. The van der Waals surface area contributed by atoms with Gasteiger partial charge < -0.3 is 5.01 Å². The highest BCUT2D eigenvalue weighted by molar-refractivity contribution is 7.27. The van der Waals surface area contributed by atoms with E-state index in [2.05, 4.69) is 21.4 Å². The number of hydrogen-bond donors (Lipinski definition) is 1. The molecule has 1 unspecified atom stereocenters. The zero-order chi connectivity index (χ0) is 7.84. The molecule has 3 heteroatoms. The van der Waals surface area contributed by atoms with Crippen LogP contribution in [0.5, 0.6) is 0 Å². The molecule has 0 radical (unpaired) electrons. The van der Waals surface area contributed by atoms with E-state index < -0.39 is 0 Å². The van der Waals surface area contributed by atoms with Gasteiger partial charge in [0, 0.05) is 6.54 Å². The third kappa shape index (κ3) is 1.03. The summed E-state index contributed by atoms with van der Waals surface area (Å²) < 4.78 is 0. The second-order valence-corrected chi connectivity index (χ2v) is 3.41. The predicted octanol–water partition coefficient (Wildman–Crippen LogP) is 0.423. The Balaban J connectivity index is 2.57. The maximum atomic E-state index is 5.74. The van der Waals surface area contributed by atoms with Crippen LogP contribution >= 0.6 is 9.24 Å². The first kappa shape index (κ1) is 7.08. The molecule has 2 nitrogen and oxygen atoms in total. The fourth-order valence-electron chi connectivity index (χ4n) is 1.49. The molecule has 2 rings (SSSR count). The quantitative estimate of drug-likeness (QED) is 0.447. The lowest BCUT2D eigenvalue weighted by Gasteiger charge is -2.10. The minimum Gasteiger partial charge on any atom is -0.310 e. The summed E-state index contributed by atoms with van der Waals surface area (Å²) in [6.45, 7) is 0.945. The first-order valence-electron chi connectivity index (χ1n) is 3.68. The summed E-state index contributed by atoms with van der Waals surface area (Å²) in [5, 5.41) is 3.08. The van der Waals surface area contributed by atoms with Crippen LogP contribution in [0.15, 0.2) is 18.2 Å². The number of nitrogens with two attached hydrogens (primary N) is 1. The van der Waals surface area contributed by atoms with Crippen LogP contribution in [0.1, 0.15) is 5.56 Å². The molecular weight excluding hydrogens is 155 g/mol. The Hall–Kier alpha value is -0.590. The van der Waals surface area contributed by atoms with Gasteiger partial charge in [-0.05, 0) is 23.4 Å². The molecular formula is C8H11N2P. The van der Waals surface area contributed by atoms with Crippen LogP contribution in [-0.2, 0) is 6.42 Å². The molecule has 11 heavy (non-hydrogen) atoms. The van der Waals surface area contributed by atoms with Crippen LogP contribution in [-0.4, -0.2) is 6.54 Å². The van der Waals surface area contributed by atoms with E-state index in [4.69, 9.17) is 5.84 Å². The van der Waals surface area contributed by atoms with E-state index in [0.717, 1.165) is 13.0 Å². The van der Waals surface area contributed by atoms with Crippen LogP contribution in [0.2, 0.25) is 0 Å². The van der Waals surface area contributed by atoms with E-state index in [9.17, 15) is 0 Å². The maximum absolute atomic E-state index is 5.74. The van der Waals surface area contributed by atoms with Crippen molar-refractivity contribution in [3.05, 3.63) is 23.8 Å². The molecule has 0 spiro atoms. The van der Waals surface area contributed by atoms with E-state index in [1.165, 1.54) is 16.6 Å². The fourth-order valence-corrected chi connectivity index (χ4v) is 1.89. The van der Waals surface area contributed by atoms with Gasteiger partial charge in [-0.25, -0.2) is 5.84 Å². The number of fused-ring (bicyclic) bond motifs is 1. The Labute approximate surface area is 68.6 Å². The van der Waals surface area contributed by atoms with E-state index >= 15 is 0 Å². The number of hydrogen-bond acceptors (Lipinski definition) is 2. The number of rotatable bonds is 0. The summed E-state index contributed by atoms with van der Waals surface area (Å²) in [5.74, 6) is 5.74. The number of nitrogens with zero attached hydrogens (tertiary/aromatic N) is 1. The second-order valence-electron chi connectivity index (χ2n) is 2.79. The molecule has 1 aliphatic rings. The molecule has 0 aromatic heterocycles. The Morgan fingerprint density at radius 3 is 3.00 bits per heavy atom. The van der Waals surface area contributed by atoms with Crippen molar-refractivity contribution in [2.45, 2.75) is 6.42 Å². The lowest BCUT2D eigenvalue weighted by molar-refractivity contribution is 0.892. The molecule has 0 bridgehead atoms. The molecule has 0 saturated carbocycles. The molecule has 0 fully saturated rings. The molecule has 1 heterocycles. The minimum atomic E-state index is 0.945. The van der Waals surface area contributed by atoms with Gasteiger partial charge in [0.15, 0.2) is 0 Å². The van der Waals surface area contributed by atoms with Crippen molar-refractivity contribution in [1.82, 2.24) is 0 Å². The molecule has 0 amide bonds. The molecule has 1 aromatic rings. The molecule has 58 valence electrons. The minimum absolute atomic E-state index is 0.945. The lowest BCUT2D eigenvalue weighted by atomic mass is 10.2. The van der Waals surface area contributed by atoms with Crippen molar-refractivity contribution in [2.24, 2.45) is 5.84 Å². The van der Waals surface area contributed by atoms with Crippen molar-refractivity contribution in [2.75, 3.05) is 11.6 Å². The topological polar surface area (TPSA) is 29.3 Å². The average molecular weight is 166 g/mol. The smallest absolute Gasteiger partial charge is 0.0556 e. The highest BCUT2D eigenvalue weighted by Crippen LogP contribution is 2.24. The third-order valence-corrected chi connectivity index (χ3v) is 2.64. The van der Waals surface area contributed by atoms with Crippen LogP contribution < -0.4 is 16.2 Å². The molecule has 0 saturated heterocycles. The van der Waals surface area contributed by atoms with E-state index in [0.29, 0.717) is 0 Å². The average Bonchev–Trinajstić information content (AvgIpc) is 2.35. The fraction of sp³-hybridized carbons (Fsp3) is 0.250. The normalized spacial score (nSPS) is 15.3. The SMILES string of the molecule is NN1CCc2c(P)cccc21. The molecule has 0 aliphatic carbocycles. The molecule has 1 aromatic carbocycles. The van der Waals surface area contributed by atoms with Crippen LogP contribution in [0.25, 0.3) is 0 Å². The summed E-state index contributed by atoms with van der Waals surface area (Å²) in [4.78, 5) is 0. The van der Waals surface area contributed by atoms with Gasteiger partial charge in [-0.1, -0.05) is 12.1 Å². The third-order valence-electron chi connectivity index (χ3n) is 2.10. The maximum Gasteiger partial charge on any atom is 0.0556 e. The van der Waals surface area contributed by atoms with Crippen molar-refractivity contribution >= 4 is 20.2 Å². The van der Waals surface area contributed by atoms with Gasteiger partial charge in [0.2, 0.25) is 0 Å². The van der Waals surface area contributed by atoms with Crippen molar-refractivity contribution in [1.29, 1.82) is 0 Å². The lowest BCUT2D eigenvalue weighted by Crippen LogP contribution is -2.28. The van der Waals surface area contributed by atoms with Crippen LogP contribution in [0, 0.1) is 0 Å². The van der Waals surface area contributed by atoms with Gasteiger partial charge in [-0.3, -0.25) is 0 Å². The standard InChI is InChI=1S/C8H11N2P/c9-10-5-4-6-7(10)2-1-3-8(6)11/h1-3H,4-5,9,11H2. The van der Waals surface area contributed by atoms with E-state index in [1.54, 1.807) is 0 Å². The van der Waals surface area contributed by atoms with Gasteiger partial charge in [0.1, 0.15) is 0 Å². The number of hydrazine groups is 1. The Kier molecular flexibility index (Phi) is 1.59. The second kappa shape index (κ2) is 2.47. The number of benzene rings is 1. The van der Waals surface area contributed by atoms with Crippen molar-refractivity contribution < 1.29 is 0 Å². The van der Waals surface area contributed by atoms with Crippen molar-refractivity contribution in [3.63, 3.8) is 0 Å². The molecule has 2 N–H and O–H groups in total. The van der Waals surface area contributed by atoms with E-state index in [-0.39, 0.29) is 0 Å². The van der Waals surface area contributed by atoms with Gasteiger partial charge >= 0.3 is 0 Å². The van der Waals surface area contributed by atoms with Gasteiger partial charge in [-0.2, -0.15) is 0 Å². The first-order valence-corrected chi connectivity index (χ1v) is 4.26.